The summed E-state index contributed by atoms with van der Waals surface area (Å²) in [4.78, 5) is 24.5. The molecule has 0 aromatic heterocycles. The Balaban J connectivity index is 1.70. The summed E-state index contributed by atoms with van der Waals surface area (Å²) in [5.41, 5.74) is 3.45. The van der Waals surface area contributed by atoms with Gasteiger partial charge in [-0.3, -0.25) is 4.79 Å². The minimum Gasteiger partial charge on any atom is -0.493 e. The van der Waals surface area contributed by atoms with Crippen molar-refractivity contribution in [3.63, 3.8) is 0 Å². The summed E-state index contributed by atoms with van der Waals surface area (Å²) in [5.74, 6) is -0.592. The minimum absolute atomic E-state index is 0.210. The van der Waals surface area contributed by atoms with Crippen molar-refractivity contribution in [2.75, 3.05) is 7.11 Å². The molecule has 3 aromatic carbocycles. The zero-order valence-electron chi connectivity index (χ0n) is 16.1. The van der Waals surface area contributed by atoms with E-state index in [-0.39, 0.29) is 26.9 Å². The molecule has 0 spiro atoms. The lowest BCUT2D eigenvalue weighted by Gasteiger charge is -2.10. The van der Waals surface area contributed by atoms with Gasteiger partial charge in [-0.25, -0.2) is 10.2 Å². The van der Waals surface area contributed by atoms with E-state index >= 15 is 0 Å². The molecule has 0 heterocycles. The van der Waals surface area contributed by atoms with Crippen LogP contribution >= 0.6 is 34.8 Å². The zero-order valence-corrected chi connectivity index (χ0v) is 18.3. The summed E-state index contributed by atoms with van der Waals surface area (Å²) in [6.07, 6.45) is 1.41. The number of methoxy groups -OCH3 is 1. The van der Waals surface area contributed by atoms with Crippen LogP contribution in [0.2, 0.25) is 15.1 Å². The largest absolute Gasteiger partial charge is 0.493 e. The van der Waals surface area contributed by atoms with Crippen LogP contribution in [-0.2, 0) is 0 Å². The van der Waals surface area contributed by atoms with E-state index in [0.29, 0.717) is 16.3 Å². The molecule has 3 rings (SSSR count). The van der Waals surface area contributed by atoms with Crippen molar-refractivity contribution < 1.29 is 19.1 Å². The predicted octanol–water partition coefficient (Wildman–Crippen LogP) is 5.64. The fourth-order valence-corrected chi connectivity index (χ4v) is 3.24. The number of hydrogen-bond acceptors (Lipinski definition) is 5. The lowest BCUT2D eigenvalue weighted by Crippen LogP contribution is -2.18. The molecule has 0 atom stereocenters. The summed E-state index contributed by atoms with van der Waals surface area (Å²) in [5, 5.41) is 4.83. The number of halogens is 3. The number of carbonyl (C=O) groups is 2. The molecular weight excluding hydrogens is 463 g/mol. The van der Waals surface area contributed by atoms with Gasteiger partial charge in [-0.05, 0) is 54.1 Å². The highest BCUT2D eigenvalue weighted by atomic mass is 35.5. The normalized spacial score (nSPS) is 10.7. The van der Waals surface area contributed by atoms with E-state index in [1.54, 1.807) is 48.5 Å². The highest BCUT2D eigenvalue weighted by Gasteiger charge is 2.15. The summed E-state index contributed by atoms with van der Waals surface area (Å²) in [6.45, 7) is 0. The Morgan fingerprint density at radius 3 is 2.39 bits per heavy atom. The number of benzene rings is 3. The highest BCUT2D eigenvalue weighted by molar-refractivity contribution is 6.36. The molecule has 0 saturated heterocycles. The number of nitrogens with one attached hydrogen (secondary N) is 1. The van der Waals surface area contributed by atoms with E-state index in [4.69, 9.17) is 44.3 Å². The van der Waals surface area contributed by atoms with Crippen LogP contribution in [0, 0.1) is 0 Å². The zero-order chi connectivity index (χ0) is 22.4. The van der Waals surface area contributed by atoms with Gasteiger partial charge in [0.05, 0.1) is 34.5 Å². The molecule has 0 aliphatic carbocycles. The molecule has 3 aromatic rings. The van der Waals surface area contributed by atoms with Gasteiger partial charge in [-0.1, -0.05) is 46.9 Å². The Morgan fingerprint density at radius 1 is 0.903 bits per heavy atom. The molecule has 1 amide bonds. The first kappa shape index (κ1) is 22.6. The van der Waals surface area contributed by atoms with Gasteiger partial charge in [-0.15, -0.1) is 0 Å². The molecule has 0 radical (unpaired) electrons. The van der Waals surface area contributed by atoms with Crippen LogP contribution in [-0.4, -0.2) is 25.2 Å². The monoisotopic (exact) mass is 476 g/mol. The van der Waals surface area contributed by atoms with Crippen molar-refractivity contribution in [3.8, 4) is 11.5 Å². The maximum Gasteiger partial charge on any atom is 0.345 e. The van der Waals surface area contributed by atoms with Gasteiger partial charge in [0.15, 0.2) is 11.5 Å². The van der Waals surface area contributed by atoms with Gasteiger partial charge in [-0.2, -0.15) is 5.10 Å². The summed E-state index contributed by atoms with van der Waals surface area (Å²) in [7, 11) is 1.44. The van der Waals surface area contributed by atoms with Crippen LogP contribution in [0.3, 0.4) is 0 Å². The van der Waals surface area contributed by atoms with Crippen LogP contribution in [0.15, 0.2) is 65.8 Å². The molecule has 31 heavy (non-hydrogen) atoms. The van der Waals surface area contributed by atoms with Gasteiger partial charge in [0.2, 0.25) is 0 Å². The lowest BCUT2D eigenvalue weighted by molar-refractivity contribution is 0.0729. The van der Waals surface area contributed by atoms with Crippen LogP contribution in [0.4, 0.5) is 0 Å². The molecule has 1 N–H and O–H groups in total. The minimum atomic E-state index is -0.613. The molecule has 0 saturated carbocycles. The second-order valence-electron chi connectivity index (χ2n) is 6.10. The topological polar surface area (TPSA) is 77.0 Å². The van der Waals surface area contributed by atoms with Crippen molar-refractivity contribution in [2.45, 2.75) is 0 Å². The third kappa shape index (κ3) is 5.76. The van der Waals surface area contributed by atoms with E-state index in [0.717, 1.165) is 0 Å². The summed E-state index contributed by atoms with van der Waals surface area (Å²) in [6, 6.07) is 15.9. The van der Waals surface area contributed by atoms with Gasteiger partial charge in [0.25, 0.3) is 5.91 Å². The molecular formula is C22H15Cl3N2O4. The lowest BCUT2D eigenvalue weighted by atomic mass is 10.2. The number of amides is 1. The Bertz CT molecular complexity index is 1170. The van der Waals surface area contributed by atoms with Crippen molar-refractivity contribution in [1.29, 1.82) is 0 Å². The van der Waals surface area contributed by atoms with Crippen LogP contribution < -0.4 is 14.9 Å². The average Bonchev–Trinajstić information content (AvgIpc) is 2.74. The Morgan fingerprint density at radius 2 is 1.68 bits per heavy atom. The standard InChI is InChI=1S/C22H15Cl3N2O4/c1-30-20-10-13(12-26-27-21(28)15-8-7-14(23)11-18(15)25)6-9-19(20)31-22(29)16-4-2-3-5-17(16)24/h2-12H,1H3,(H,27,28). The highest BCUT2D eigenvalue weighted by Crippen LogP contribution is 2.29. The Kier molecular flexibility index (Phi) is 7.52. The molecule has 0 fully saturated rings. The van der Waals surface area contributed by atoms with E-state index in [9.17, 15) is 9.59 Å². The Labute approximate surface area is 193 Å². The molecule has 0 bridgehead atoms. The molecule has 0 aliphatic rings. The number of hydrogen-bond donors (Lipinski definition) is 1. The number of carbonyl (C=O) groups excluding carboxylic acids is 2. The number of esters is 1. The second kappa shape index (κ2) is 10.3. The second-order valence-corrected chi connectivity index (χ2v) is 7.35. The van der Waals surface area contributed by atoms with E-state index in [2.05, 4.69) is 10.5 Å². The first-order valence-corrected chi connectivity index (χ1v) is 9.95. The fraction of sp³-hybridized carbons (Fsp3) is 0.0455. The average molecular weight is 478 g/mol. The number of hydrazone groups is 1. The van der Waals surface area contributed by atoms with Gasteiger partial charge in [0, 0.05) is 5.02 Å². The number of nitrogens with zero attached hydrogens (tertiary/aromatic N) is 1. The molecule has 158 valence electrons. The van der Waals surface area contributed by atoms with E-state index in [1.165, 1.54) is 25.5 Å². The van der Waals surface area contributed by atoms with Crippen LogP contribution in [0.25, 0.3) is 0 Å². The quantitative estimate of drug-likeness (QED) is 0.216. The van der Waals surface area contributed by atoms with Gasteiger partial charge < -0.3 is 9.47 Å². The Hall–Kier alpha value is -3.06. The SMILES string of the molecule is COc1cc(C=NNC(=O)c2ccc(Cl)cc2Cl)ccc1OC(=O)c1ccccc1Cl. The van der Waals surface area contributed by atoms with Crippen LogP contribution in [0.5, 0.6) is 11.5 Å². The number of ether oxygens (including phenoxy) is 2. The van der Waals surface area contributed by atoms with Crippen LogP contribution in [0.1, 0.15) is 26.3 Å². The first-order chi connectivity index (χ1) is 14.9. The molecule has 0 unspecified atom stereocenters. The molecule has 9 heteroatoms. The smallest absolute Gasteiger partial charge is 0.345 e. The molecule has 6 nitrogen and oxygen atoms in total. The fourth-order valence-electron chi connectivity index (χ4n) is 2.53. The summed E-state index contributed by atoms with van der Waals surface area (Å²) < 4.78 is 10.7. The first-order valence-electron chi connectivity index (χ1n) is 8.82. The molecule has 0 aliphatic heterocycles. The van der Waals surface area contributed by atoms with Crippen molar-refractivity contribution in [1.82, 2.24) is 5.43 Å². The third-order valence-corrected chi connectivity index (χ3v) is 4.92. The van der Waals surface area contributed by atoms with Crippen molar-refractivity contribution >= 4 is 52.9 Å². The third-order valence-electron chi connectivity index (χ3n) is 4.04. The van der Waals surface area contributed by atoms with E-state index < -0.39 is 11.9 Å². The van der Waals surface area contributed by atoms with E-state index in [1.807, 2.05) is 0 Å². The van der Waals surface area contributed by atoms with Crippen molar-refractivity contribution in [3.05, 3.63) is 92.4 Å². The predicted molar refractivity (Wildman–Crippen MR) is 121 cm³/mol. The maximum atomic E-state index is 12.4. The maximum absolute atomic E-state index is 12.4. The van der Waals surface area contributed by atoms with Crippen molar-refractivity contribution in [2.24, 2.45) is 5.10 Å². The van der Waals surface area contributed by atoms with Gasteiger partial charge >= 0.3 is 5.97 Å². The van der Waals surface area contributed by atoms with Gasteiger partial charge in [0.1, 0.15) is 0 Å². The number of rotatable bonds is 6. The summed E-state index contributed by atoms with van der Waals surface area (Å²) >= 11 is 17.9.